The van der Waals surface area contributed by atoms with E-state index in [0.29, 0.717) is 37.5 Å². The molecule has 22 nitrogen and oxygen atoms in total. The Balaban J connectivity index is 0.856. The van der Waals surface area contributed by atoms with Crippen molar-refractivity contribution >= 4 is 37.2 Å². The van der Waals surface area contributed by atoms with Crippen molar-refractivity contribution in [2.45, 2.75) is 64.2 Å². The Kier molecular flexibility index (Phi) is 16.1. The number of rotatable bonds is 20. The van der Waals surface area contributed by atoms with Crippen LogP contribution in [0.15, 0.2) is 90.5 Å². The molecule has 3 N–H and O–H groups in total. The first-order valence-corrected chi connectivity index (χ1v) is 23.5. The number of hydrogen-bond acceptors (Lipinski definition) is 16. The van der Waals surface area contributed by atoms with Crippen molar-refractivity contribution in [3.63, 3.8) is 0 Å². The Hall–Kier alpha value is -6.72. The van der Waals surface area contributed by atoms with Crippen molar-refractivity contribution in [1.82, 2.24) is 34.4 Å². The van der Waals surface area contributed by atoms with Crippen LogP contribution in [-0.2, 0) is 49.8 Å². The smallest absolute Gasteiger partial charge is 0.493 e. The topological polar surface area (TPSA) is 253 Å². The van der Waals surface area contributed by atoms with Gasteiger partial charge in [-0.25, -0.2) is 41.8 Å². The molecule has 370 valence electrons. The summed E-state index contributed by atoms with van der Waals surface area (Å²) in [5.74, 6) is -2.74. The molecule has 69 heavy (non-hydrogen) atoms. The Morgan fingerprint density at radius 1 is 0.913 bits per heavy atom. The van der Waals surface area contributed by atoms with Crippen LogP contribution in [0.4, 0.5) is 25.0 Å². The summed E-state index contributed by atoms with van der Waals surface area (Å²) < 4.78 is 75.4. The molecule has 1 amide bonds. The van der Waals surface area contributed by atoms with E-state index in [2.05, 4.69) is 29.5 Å². The number of piperazine rings is 1. The van der Waals surface area contributed by atoms with Crippen molar-refractivity contribution in [2.75, 3.05) is 62.3 Å². The van der Waals surface area contributed by atoms with Gasteiger partial charge in [-0.2, -0.15) is 10.2 Å². The zero-order valence-electron chi connectivity index (χ0n) is 37.8. The van der Waals surface area contributed by atoms with Crippen molar-refractivity contribution in [2.24, 2.45) is 5.92 Å². The molecule has 0 saturated carbocycles. The highest BCUT2D eigenvalue weighted by molar-refractivity contribution is 7.46. The quantitative estimate of drug-likeness (QED) is 0.0569. The van der Waals surface area contributed by atoms with Crippen LogP contribution in [0, 0.1) is 17.6 Å². The van der Waals surface area contributed by atoms with E-state index < -0.39 is 80.4 Å². The van der Waals surface area contributed by atoms with Gasteiger partial charge >= 0.3 is 25.6 Å². The van der Waals surface area contributed by atoms with E-state index in [1.165, 1.54) is 47.3 Å². The van der Waals surface area contributed by atoms with E-state index >= 15 is 4.39 Å². The first-order chi connectivity index (χ1) is 33.0. The maximum Gasteiger partial charge on any atom is 0.511 e. The minimum atomic E-state index is -4.88. The number of benzene rings is 3. The van der Waals surface area contributed by atoms with Gasteiger partial charge in [0.1, 0.15) is 61.2 Å². The number of phosphoric acid groups is 1. The SMILES string of the molecule is CC[C@@H]([C@H](C)OC(=O)OC(C)OC(=O)CNC(=O)COP(=O)(O)O)n1ncn(-c2ccc(N3CCN(c4ccc(OC[C@@H]5CO[C@@](Cn6cncn6)(c6ccc(F)cc6F)C5)cc4)CC3)cc2)c1=O. The average Bonchev–Trinajstić information content (AvgIpc) is 4.08. The molecule has 0 aliphatic carbocycles. The summed E-state index contributed by atoms with van der Waals surface area (Å²) in [5, 5.41) is 10.5. The zero-order chi connectivity index (χ0) is 49.3. The average molecular weight is 984 g/mol. The summed E-state index contributed by atoms with van der Waals surface area (Å²) in [6, 6.07) is 18.2. The van der Waals surface area contributed by atoms with Gasteiger partial charge in [0.15, 0.2) is 0 Å². The van der Waals surface area contributed by atoms with Gasteiger partial charge in [-0.05, 0) is 74.4 Å². The van der Waals surface area contributed by atoms with Gasteiger partial charge in [0.2, 0.25) is 12.2 Å². The fourth-order valence-electron chi connectivity index (χ4n) is 8.23. The summed E-state index contributed by atoms with van der Waals surface area (Å²) in [6.07, 6.45) is 1.55. The number of amides is 1. The molecule has 2 aromatic heterocycles. The van der Waals surface area contributed by atoms with Gasteiger partial charge in [-0.3, -0.25) is 14.1 Å². The Morgan fingerprint density at radius 2 is 1.58 bits per heavy atom. The van der Waals surface area contributed by atoms with Crippen LogP contribution in [0.3, 0.4) is 0 Å². The Bertz CT molecular complexity index is 2640. The predicted octanol–water partition coefficient (Wildman–Crippen LogP) is 3.85. The van der Waals surface area contributed by atoms with Crippen LogP contribution < -0.4 is 25.5 Å². The molecule has 2 saturated heterocycles. The lowest BCUT2D eigenvalue weighted by molar-refractivity contribution is -0.168. The molecule has 4 heterocycles. The summed E-state index contributed by atoms with van der Waals surface area (Å²) in [5.41, 5.74) is 1.34. The fraction of sp³-hybridized carbons (Fsp3) is 0.432. The molecule has 5 aromatic rings. The van der Waals surface area contributed by atoms with Gasteiger partial charge in [0.25, 0.3) is 0 Å². The molecular formula is C44H52F2N9O13P. The highest BCUT2D eigenvalue weighted by Gasteiger charge is 2.45. The van der Waals surface area contributed by atoms with Gasteiger partial charge < -0.3 is 48.6 Å². The molecule has 7 rings (SSSR count). The van der Waals surface area contributed by atoms with Gasteiger partial charge in [-0.1, -0.05) is 13.0 Å². The molecule has 5 atom stereocenters. The zero-order valence-corrected chi connectivity index (χ0v) is 38.7. The number of esters is 1. The number of nitrogens with one attached hydrogen (secondary N) is 1. The van der Waals surface area contributed by atoms with E-state index in [-0.39, 0.29) is 18.0 Å². The second kappa shape index (κ2) is 22.1. The van der Waals surface area contributed by atoms with E-state index in [9.17, 15) is 28.1 Å². The number of aromatic nitrogens is 6. The van der Waals surface area contributed by atoms with Crippen LogP contribution in [-0.4, -0.2) is 122 Å². The van der Waals surface area contributed by atoms with Crippen molar-refractivity contribution in [3.8, 4) is 11.4 Å². The molecule has 0 radical (unpaired) electrons. The molecule has 2 aliphatic rings. The molecular weight excluding hydrogens is 932 g/mol. The first-order valence-electron chi connectivity index (χ1n) is 21.9. The summed E-state index contributed by atoms with van der Waals surface area (Å²) in [7, 11) is -4.88. The molecule has 25 heteroatoms. The number of phosphoric ester groups is 1. The van der Waals surface area contributed by atoms with Crippen molar-refractivity contribution in [3.05, 3.63) is 113 Å². The maximum absolute atomic E-state index is 15.0. The first kappa shape index (κ1) is 50.2. The molecule has 0 bridgehead atoms. The van der Waals surface area contributed by atoms with Gasteiger partial charge in [0.05, 0.1) is 31.5 Å². The number of hydrogen-bond donors (Lipinski definition) is 3. The lowest BCUT2D eigenvalue weighted by Gasteiger charge is -2.37. The summed E-state index contributed by atoms with van der Waals surface area (Å²) in [4.78, 5) is 75.5. The number of anilines is 2. The van der Waals surface area contributed by atoms with E-state index in [1.54, 1.807) is 18.5 Å². The highest BCUT2D eigenvalue weighted by Crippen LogP contribution is 2.42. The Morgan fingerprint density at radius 3 is 2.20 bits per heavy atom. The fourth-order valence-corrected chi connectivity index (χ4v) is 8.52. The normalized spacial score (nSPS) is 18.6. The van der Waals surface area contributed by atoms with E-state index in [0.717, 1.165) is 43.6 Å². The third-order valence-corrected chi connectivity index (χ3v) is 12.0. The standard InChI is InChI=1S/C44H52F2N9O13P/c1-4-39(29(2)66-43(59)68-30(3)67-41(57)21-48-40(56)24-65-69(60,61)62)55-42(58)54(28-50-55)35-8-6-33(7-9-35)51-15-17-52(18-16-51)34-10-12-36(13-11-34)63-22-31-20-44(64-23-31,25-53-27-47-26-49-53)37-14-5-32(45)19-38(37)46/h5-14,19,26-31,39H,4,15-18,20-25H2,1-3H3,(H,48,56)(H2,60,61,62)/t29-,30?,31+,39-,44-/m0/s1. The minimum absolute atomic E-state index is 0.0588. The third kappa shape index (κ3) is 13.1. The second-order valence-corrected chi connectivity index (χ2v) is 17.6. The van der Waals surface area contributed by atoms with Crippen LogP contribution in [0.1, 0.15) is 45.2 Å². The number of carbonyl (C=O) groups excluding carboxylic acids is 3. The van der Waals surface area contributed by atoms with Gasteiger partial charge in [0, 0.05) is 62.0 Å². The molecule has 2 aliphatic heterocycles. The van der Waals surface area contributed by atoms with Crippen LogP contribution >= 0.6 is 7.82 Å². The maximum atomic E-state index is 15.0. The lowest BCUT2D eigenvalue weighted by atomic mass is 9.87. The second-order valence-electron chi connectivity index (χ2n) is 16.4. The van der Waals surface area contributed by atoms with E-state index in [1.807, 2.05) is 53.8 Å². The van der Waals surface area contributed by atoms with Crippen molar-refractivity contribution < 1.29 is 65.7 Å². The molecule has 0 spiro atoms. The predicted molar refractivity (Wildman–Crippen MR) is 239 cm³/mol. The number of carbonyl (C=O) groups is 3. The third-order valence-electron chi connectivity index (χ3n) is 11.6. The van der Waals surface area contributed by atoms with Crippen LogP contribution in [0.5, 0.6) is 5.75 Å². The molecule has 2 fully saturated rings. The van der Waals surface area contributed by atoms with Crippen molar-refractivity contribution in [1.29, 1.82) is 0 Å². The molecule has 1 unspecified atom stereocenters. The number of halogens is 2. The highest BCUT2D eigenvalue weighted by atomic mass is 31.2. The molecule has 3 aromatic carbocycles. The largest absolute Gasteiger partial charge is 0.511 e. The number of ether oxygens (including phenoxy) is 5. The van der Waals surface area contributed by atoms with E-state index in [4.69, 9.17) is 33.5 Å². The van der Waals surface area contributed by atoms with Crippen LogP contribution in [0.2, 0.25) is 0 Å². The Labute approximate surface area is 393 Å². The summed E-state index contributed by atoms with van der Waals surface area (Å²) >= 11 is 0. The monoisotopic (exact) mass is 983 g/mol. The van der Waals surface area contributed by atoms with Crippen LogP contribution in [0.25, 0.3) is 5.69 Å². The minimum Gasteiger partial charge on any atom is -0.493 e. The summed E-state index contributed by atoms with van der Waals surface area (Å²) in [6.45, 7) is 6.77. The van der Waals surface area contributed by atoms with Gasteiger partial charge in [-0.15, -0.1) is 0 Å². The number of nitrogens with zero attached hydrogens (tertiary/aromatic N) is 8. The lowest BCUT2D eigenvalue weighted by Crippen LogP contribution is -2.46.